The van der Waals surface area contributed by atoms with Crippen LogP contribution in [-0.4, -0.2) is 40.8 Å². The van der Waals surface area contributed by atoms with E-state index in [-0.39, 0.29) is 5.56 Å². The maximum Gasteiger partial charge on any atom is 0.292 e. The number of nitrogens with zero attached hydrogens (tertiary/aromatic N) is 5. The summed E-state index contributed by atoms with van der Waals surface area (Å²) in [7, 11) is 0. The van der Waals surface area contributed by atoms with Gasteiger partial charge in [-0.25, -0.2) is 4.98 Å². The van der Waals surface area contributed by atoms with Gasteiger partial charge in [-0.15, -0.1) is 0 Å². The Morgan fingerprint density at radius 3 is 2.96 bits per heavy atom. The monoisotopic (exact) mass is 353 g/mol. The lowest BCUT2D eigenvalue weighted by molar-refractivity contribution is 0.122. The van der Waals surface area contributed by atoms with E-state index >= 15 is 0 Å². The molecule has 1 saturated heterocycles. The Bertz CT molecular complexity index is 1010. The molecule has 0 bridgehead atoms. The summed E-state index contributed by atoms with van der Waals surface area (Å²) in [5, 5.41) is 9.87. The molecule has 7 nitrogen and oxygen atoms in total. The van der Waals surface area contributed by atoms with Gasteiger partial charge in [-0.05, 0) is 17.7 Å². The second kappa shape index (κ2) is 6.63. The number of hydrogen-bond acceptors (Lipinski definition) is 7. The summed E-state index contributed by atoms with van der Waals surface area (Å²) in [5.74, 6) is 0. The molecule has 126 valence electrons. The number of ether oxygens (including phenoxy) is 1. The molecule has 0 amide bonds. The zero-order chi connectivity index (χ0) is 17.2. The third-order valence-electron chi connectivity index (χ3n) is 4.07. The minimum absolute atomic E-state index is 0.256. The Labute approximate surface area is 147 Å². The van der Waals surface area contributed by atoms with Crippen LogP contribution in [-0.2, 0) is 11.3 Å². The van der Waals surface area contributed by atoms with E-state index < -0.39 is 0 Å². The Hall–Kier alpha value is -2.76. The van der Waals surface area contributed by atoms with Crippen molar-refractivity contribution in [2.24, 2.45) is 0 Å². The van der Waals surface area contributed by atoms with E-state index in [1.807, 2.05) is 22.8 Å². The smallest absolute Gasteiger partial charge is 0.292 e. The topological polar surface area (TPSA) is 84.0 Å². The number of thiazole rings is 1. The molecule has 0 atom stereocenters. The predicted octanol–water partition coefficient (Wildman–Crippen LogP) is 1.61. The van der Waals surface area contributed by atoms with Gasteiger partial charge in [0.05, 0.1) is 31.4 Å². The third-order valence-corrected chi connectivity index (χ3v) is 5.16. The fourth-order valence-electron chi connectivity index (χ4n) is 2.81. The van der Waals surface area contributed by atoms with Gasteiger partial charge >= 0.3 is 0 Å². The van der Waals surface area contributed by atoms with Gasteiger partial charge in [-0.3, -0.25) is 4.79 Å². The van der Waals surface area contributed by atoms with Crippen LogP contribution < -0.4 is 10.5 Å². The molecule has 4 rings (SSSR count). The molecule has 25 heavy (non-hydrogen) atoms. The molecule has 1 aliphatic rings. The Balaban J connectivity index is 1.73. The highest BCUT2D eigenvalue weighted by molar-refractivity contribution is 7.22. The van der Waals surface area contributed by atoms with Crippen molar-refractivity contribution >= 4 is 26.8 Å². The van der Waals surface area contributed by atoms with E-state index in [2.05, 4.69) is 20.9 Å². The molecule has 3 aromatic rings. The maximum atomic E-state index is 12.1. The molecular weight excluding hydrogens is 338 g/mol. The summed E-state index contributed by atoms with van der Waals surface area (Å²) in [6.07, 6.45) is 1.52. The van der Waals surface area contributed by atoms with E-state index in [0.717, 1.165) is 23.8 Å². The van der Waals surface area contributed by atoms with Crippen LogP contribution in [0.1, 0.15) is 11.1 Å². The Morgan fingerprint density at radius 1 is 1.32 bits per heavy atom. The zero-order valence-electron chi connectivity index (χ0n) is 13.4. The van der Waals surface area contributed by atoms with Gasteiger partial charge in [0.15, 0.2) is 10.8 Å². The molecule has 0 saturated carbocycles. The molecule has 0 aliphatic carbocycles. The largest absolute Gasteiger partial charge is 0.378 e. The molecule has 1 aliphatic heterocycles. The first-order valence-electron chi connectivity index (χ1n) is 7.92. The third kappa shape index (κ3) is 3.12. The summed E-state index contributed by atoms with van der Waals surface area (Å²) in [6, 6.07) is 9.53. The van der Waals surface area contributed by atoms with Crippen LogP contribution in [0.2, 0.25) is 0 Å². The molecule has 0 unspecified atom stereocenters. The van der Waals surface area contributed by atoms with Crippen molar-refractivity contribution in [1.82, 2.24) is 14.5 Å². The summed E-state index contributed by atoms with van der Waals surface area (Å²) >= 11 is 1.37. The number of rotatable bonds is 3. The molecule has 2 aromatic heterocycles. The quantitative estimate of drug-likeness (QED) is 0.711. The highest BCUT2D eigenvalue weighted by atomic mass is 32.1. The van der Waals surface area contributed by atoms with Gasteiger partial charge < -0.3 is 14.2 Å². The van der Waals surface area contributed by atoms with Gasteiger partial charge in [-0.1, -0.05) is 23.5 Å². The van der Waals surface area contributed by atoms with Crippen molar-refractivity contribution in [1.29, 1.82) is 5.26 Å². The summed E-state index contributed by atoms with van der Waals surface area (Å²) in [5.41, 5.74) is 1.95. The SMILES string of the molecule is N#Cc1cccc(Cn2cnc(=O)c3sc(N4CCOCC4)nc32)c1. The minimum atomic E-state index is -0.256. The van der Waals surface area contributed by atoms with Crippen LogP contribution >= 0.6 is 11.3 Å². The summed E-state index contributed by atoms with van der Waals surface area (Å²) < 4.78 is 7.78. The molecule has 1 aromatic carbocycles. The van der Waals surface area contributed by atoms with E-state index in [1.165, 1.54) is 17.7 Å². The first kappa shape index (κ1) is 15.7. The lowest BCUT2D eigenvalue weighted by Crippen LogP contribution is -2.36. The van der Waals surface area contributed by atoms with Crippen molar-refractivity contribution in [2.75, 3.05) is 31.2 Å². The number of hydrogen-bond donors (Lipinski definition) is 0. The van der Waals surface area contributed by atoms with E-state index in [0.29, 0.717) is 35.7 Å². The van der Waals surface area contributed by atoms with Gasteiger partial charge in [0, 0.05) is 13.1 Å². The first-order chi connectivity index (χ1) is 12.2. The van der Waals surface area contributed by atoms with Crippen LogP contribution in [0.25, 0.3) is 10.3 Å². The number of nitriles is 1. The number of anilines is 1. The average Bonchev–Trinajstić information content (AvgIpc) is 3.12. The average molecular weight is 353 g/mol. The zero-order valence-corrected chi connectivity index (χ0v) is 14.2. The second-order valence-electron chi connectivity index (χ2n) is 5.74. The van der Waals surface area contributed by atoms with Crippen LogP contribution in [0.5, 0.6) is 0 Å². The fourth-order valence-corrected chi connectivity index (χ4v) is 3.83. The normalized spacial score (nSPS) is 14.6. The van der Waals surface area contributed by atoms with Crippen LogP contribution in [0, 0.1) is 11.3 Å². The number of morpholine rings is 1. The van der Waals surface area contributed by atoms with Crippen LogP contribution in [0.3, 0.4) is 0 Å². The van der Waals surface area contributed by atoms with E-state index in [4.69, 9.17) is 10.00 Å². The lowest BCUT2D eigenvalue weighted by atomic mass is 10.1. The lowest BCUT2D eigenvalue weighted by Gasteiger charge is -2.25. The second-order valence-corrected chi connectivity index (χ2v) is 6.72. The summed E-state index contributed by atoms with van der Waals surface area (Å²) in [6.45, 7) is 3.38. The fraction of sp³-hybridized carbons (Fsp3) is 0.294. The van der Waals surface area contributed by atoms with Crippen molar-refractivity contribution in [3.05, 3.63) is 52.1 Å². The van der Waals surface area contributed by atoms with E-state index in [9.17, 15) is 4.79 Å². The molecule has 8 heteroatoms. The standard InChI is InChI=1S/C17H15N5O2S/c18-9-12-2-1-3-13(8-12)10-22-11-19-16(23)14-15(22)20-17(25-14)21-4-6-24-7-5-21/h1-3,8,11H,4-7,10H2. The molecule has 0 N–H and O–H groups in total. The predicted molar refractivity (Wildman–Crippen MR) is 95.0 cm³/mol. The van der Waals surface area contributed by atoms with Crippen molar-refractivity contribution in [3.63, 3.8) is 0 Å². The molecule has 0 spiro atoms. The number of fused-ring (bicyclic) bond motifs is 1. The van der Waals surface area contributed by atoms with Crippen LogP contribution in [0.4, 0.5) is 5.13 Å². The first-order valence-corrected chi connectivity index (χ1v) is 8.74. The highest BCUT2D eigenvalue weighted by Gasteiger charge is 2.18. The molecule has 1 fully saturated rings. The van der Waals surface area contributed by atoms with Gasteiger partial charge in [-0.2, -0.15) is 10.2 Å². The highest BCUT2D eigenvalue weighted by Crippen LogP contribution is 2.27. The molecular formula is C17H15N5O2S. The number of aromatic nitrogens is 3. The Morgan fingerprint density at radius 2 is 2.16 bits per heavy atom. The van der Waals surface area contributed by atoms with Crippen molar-refractivity contribution in [3.8, 4) is 6.07 Å². The maximum absolute atomic E-state index is 12.1. The van der Waals surface area contributed by atoms with Gasteiger partial charge in [0.25, 0.3) is 5.56 Å². The van der Waals surface area contributed by atoms with Gasteiger partial charge in [0.1, 0.15) is 11.0 Å². The number of benzene rings is 1. The van der Waals surface area contributed by atoms with Gasteiger partial charge in [0.2, 0.25) is 0 Å². The summed E-state index contributed by atoms with van der Waals surface area (Å²) in [4.78, 5) is 22.9. The van der Waals surface area contributed by atoms with Crippen LogP contribution in [0.15, 0.2) is 35.4 Å². The van der Waals surface area contributed by atoms with Crippen molar-refractivity contribution < 1.29 is 4.74 Å². The minimum Gasteiger partial charge on any atom is -0.378 e. The van der Waals surface area contributed by atoms with E-state index in [1.54, 1.807) is 6.07 Å². The molecule has 3 heterocycles. The molecule has 0 radical (unpaired) electrons. The Kier molecular flexibility index (Phi) is 4.17. The van der Waals surface area contributed by atoms with Crippen molar-refractivity contribution in [2.45, 2.75) is 6.54 Å².